The Labute approximate surface area is 129 Å². The van der Waals surface area contributed by atoms with Crippen molar-refractivity contribution in [3.8, 4) is 0 Å². The Hall–Kier alpha value is -1.31. The Balaban J connectivity index is 2.21. The van der Waals surface area contributed by atoms with Gasteiger partial charge in [0.25, 0.3) is 0 Å². The molecule has 1 unspecified atom stereocenters. The second kappa shape index (κ2) is 9.59. The molecule has 1 atom stereocenters. The summed E-state index contributed by atoms with van der Waals surface area (Å²) in [5.74, 6) is 0.511. The van der Waals surface area contributed by atoms with Crippen molar-refractivity contribution in [1.29, 1.82) is 0 Å². The molecule has 0 aromatic heterocycles. The third-order valence-corrected chi connectivity index (χ3v) is 3.93. The first-order valence-electron chi connectivity index (χ1n) is 8.24. The number of rotatable bonds is 9. The highest BCUT2D eigenvalue weighted by Gasteiger charge is 2.17. The Bertz CT molecular complexity index is 423. The fourth-order valence-corrected chi connectivity index (χ4v) is 2.51. The molecule has 0 saturated carbocycles. The molecule has 0 fully saturated rings. The predicted molar refractivity (Wildman–Crippen MR) is 88.5 cm³/mol. The molecule has 0 aliphatic carbocycles. The van der Waals surface area contributed by atoms with Gasteiger partial charge in [-0.3, -0.25) is 4.79 Å². The second-order valence-electron chi connectivity index (χ2n) is 6.34. The normalized spacial score (nSPS) is 12.4. The van der Waals surface area contributed by atoms with Crippen molar-refractivity contribution < 1.29 is 9.53 Å². The monoisotopic (exact) mass is 290 g/mol. The van der Waals surface area contributed by atoms with Crippen molar-refractivity contribution in [2.75, 3.05) is 6.61 Å². The SMILES string of the molecule is Cc1ccccc1C(C)C(=O)OCCCCCCC(C)C. The number of hydrogen-bond acceptors (Lipinski definition) is 2. The van der Waals surface area contributed by atoms with Gasteiger partial charge in [-0.25, -0.2) is 0 Å². The van der Waals surface area contributed by atoms with Gasteiger partial charge in [0, 0.05) is 0 Å². The number of carbonyl (C=O) groups is 1. The maximum atomic E-state index is 12.1. The molecule has 0 N–H and O–H groups in total. The number of carbonyl (C=O) groups excluding carboxylic acids is 1. The fourth-order valence-electron chi connectivity index (χ4n) is 2.51. The van der Waals surface area contributed by atoms with Crippen LogP contribution in [-0.2, 0) is 9.53 Å². The van der Waals surface area contributed by atoms with Crippen molar-refractivity contribution in [2.45, 2.75) is 65.7 Å². The van der Waals surface area contributed by atoms with Crippen LogP contribution in [0.15, 0.2) is 24.3 Å². The smallest absolute Gasteiger partial charge is 0.313 e. The first-order valence-corrected chi connectivity index (χ1v) is 8.24. The number of esters is 1. The molecular formula is C19H30O2. The van der Waals surface area contributed by atoms with Gasteiger partial charge >= 0.3 is 5.97 Å². The van der Waals surface area contributed by atoms with Crippen LogP contribution in [0.4, 0.5) is 0 Å². The summed E-state index contributed by atoms with van der Waals surface area (Å²) >= 11 is 0. The lowest BCUT2D eigenvalue weighted by Crippen LogP contribution is -2.14. The molecule has 1 aromatic carbocycles. The van der Waals surface area contributed by atoms with Crippen molar-refractivity contribution in [3.63, 3.8) is 0 Å². The molecule has 0 bridgehead atoms. The zero-order chi connectivity index (χ0) is 15.7. The van der Waals surface area contributed by atoms with Crippen LogP contribution in [0.5, 0.6) is 0 Å². The van der Waals surface area contributed by atoms with E-state index in [0.717, 1.165) is 29.9 Å². The minimum atomic E-state index is -0.174. The van der Waals surface area contributed by atoms with Crippen LogP contribution >= 0.6 is 0 Å². The largest absolute Gasteiger partial charge is 0.465 e. The van der Waals surface area contributed by atoms with E-state index in [4.69, 9.17) is 4.74 Å². The van der Waals surface area contributed by atoms with E-state index in [9.17, 15) is 4.79 Å². The average Bonchev–Trinajstić information content (AvgIpc) is 2.45. The molecule has 21 heavy (non-hydrogen) atoms. The highest BCUT2D eigenvalue weighted by Crippen LogP contribution is 2.20. The summed E-state index contributed by atoms with van der Waals surface area (Å²) in [5, 5.41) is 0. The van der Waals surface area contributed by atoms with Crippen molar-refractivity contribution in [3.05, 3.63) is 35.4 Å². The van der Waals surface area contributed by atoms with Gasteiger partial charge in [0.15, 0.2) is 0 Å². The molecular weight excluding hydrogens is 260 g/mol. The number of benzene rings is 1. The molecule has 2 heteroatoms. The van der Waals surface area contributed by atoms with E-state index in [0.29, 0.717) is 6.61 Å². The van der Waals surface area contributed by atoms with Crippen LogP contribution in [0.25, 0.3) is 0 Å². The molecule has 0 heterocycles. The minimum Gasteiger partial charge on any atom is -0.465 e. The number of hydrogen-bond donors (Lipinski definition) is 0. The molecule has 0 aliphatic heterocycles. The fraction of sp³-hybridized carbons (Fsp3) is 0.632. The zero-order valence-corrected chi connectivity index (χ0v) is 14.0. The molecule has 0 aliphatic rings. The lowest BCUT2D eigenvalue weighted by Gasteiger charge is -2.14. The van der Waals surface area contributed by atoms with E-state index in [2.05, 4.69) is 13.8 Å². The van der Waals surface area contributed by atoms with Crippen molar-refractivity contribution in [2.24, 2.45) is 5.92 Å². The van der Waals surface area contributed by atoms with Crippen molar-refractivity contribution >= 4 is 5.97 Å². The summed E-state index contributed by atoms with van der Waals surface area (Å²) in [6, 6.07) is 8.01. The second-order valence-corrected chi connectivity index (χ2v) is 6.34. The molecule has 1 aromatic rings. The Morgan fingerprint density at radius 1 is 1.05 bits per heavy atom. The van der Waals surface area contributed by atoms with Gasteiger partial charge < -0.3 is 4.74 Å². The minimum absolute atomic E-state index is 0.105. The van der Waals surface area contributed by atoms with E-state index >= 15 is 0 Å². The highest BCUT2D eigenvalue weighted by atomic mass is 16.5. The van der Waals surface area contributed by atoms with Crippen molar-refractivity contribution in [1.82, 2.24) is 0 Å². The average molecular weight is 290 g/mol. The lowest BCUT2D eigenvalue weighted by atomic mass is 9.97. The molecule has 0 radical (unpaired) electrons. The summed E-state index contributed by atoms with van der Waals surface area (Å²) in [4.78, 5) is 12.1. The van der Waals surface area contributed by atoms with Crippen LogP contribution in [0.1, 0.15) is 69.9 Å². The van der Waals surface area contributed by atoms with E-state index in [1.165, 1.54) is 19.3 Å². The first-order chi connectivity index (χ1) is 10.0. The van der Waals surface area contributed by atoms with Crippen LogP contribution in [0.3, 0.4) is 0 Å². The van der Waals surface area contributed by atoms with Crippen LogP contribution < -0.4 is 0 Å². The molecule has 2 nitrogen and oxygen atoms in total. The van der Waals surface area contributed by atoms with Crippen LogP contribution in [0.2, 0.25) is 0 Å². The summed E-state index contributed by atoms with van der Waals surface area (Å²) in [6.07, 6.45) is 5.95. The number of aryl methyl sites for hydroxylation is 1. The summed E-state index contributed by atoms with van der Waals surface area (Å²) in [5.41, 5.74) is 2.22. The Kier molecular flexibility index (Phi) is 8.11. The summed E-state index contributed by atoms with van der Waals surface area (Å²) in [6.45, 7) is 9.03. The van der Waals surface area contributed by atoms with Gasteiger partial charge in [-0.15, -0.1) is 0 Å². The van der Waals surface area contributed by atoms with E-state index < -0.39 is 0 Å². The third-order valence-electron chi connectivity index (χ3n) is 3.93. The summed E-state index contributed by atoms with van der Waals surface area (Å²) < 4.78 is 5.40. The molecule has 118 valence electrons. The van der Waals surface area contributed by atoms with Gasteiger partial charge in [0.2, 0.25) is 0 Å². The van der Waals surface area contributed by atoms with Gasteiger partial charge in [0.1, 0.15) is 0 Å². The maximum Gasteiger partial charge on any atom is 0.313 e. The Morgan fingerprint density at radius 2 is 1.71 bits per heavy atom. The Morgan fingerprint density at radius 3 is 2.38 bits per heavy atom. The quantitative estimate of drug-likeness (QED) is 0.459. The van der Waals surface area contributed by atoms with E-state index in [1.54, 1.807) is 0 Å². The zero-order valence-electron chi connectivity index (χ0n) is 14.0. The van der Waals surface area contributed by atoms with Crippen LogP contribution in [0, 0.1) is 12.8 Å². The molecule has 1 rings (SSSR count). The number of unbranched alkanes of at least 4 members (excludes halogenated alkanes) is 3. The molecule has 0 amide bonds. The predicted octanol–water partition coefficient (Wildman–Crippen LogP) is 5.25. The maximum absolute atomic E-state index is 12.1. The standard InChI is InChI=1S/C19H30O2/c1-15(2)11-7-5-6-10-14-21-19(20)17(4)18-13-9-8-12-16(18)3/h8-9,12-13,15,17H,5-7,10-11,14H2,1-4H3. The summed E-state index contributed by atoms with van der Waals surface area (Å²) in [7, 11) is 0. The third kappa shape index (κ3) is 6.79. The van der Waals surface area contributed by atoms with Gasteiger partial charge in [-0.1, -0.05) is 63.8 Å². The molecule has 0 spiro atoms. The van der Waals surface area contributed by atoms with Gasteiger partial charge in [-0.05, 0) is 37.3 Å². The van der Waals surface area contributed by atoms with Gasteiger partial charge in [0.05, 0.1) is 12.5 Å². The van der Waals surface area contributed by atoms with E-state index in [1.807, 2.05) is 38.1 Å². The highest BCUT2D eigenvalue weighted by molar-refractivity contribution is 5.78. The molecule has 0 saturated heterocycles. The van der Waals surface area contributed by atoms with Gasteiger partial charge in [-0.2, -0.15) is 0 Å². The lowest BCUT2D eigenvalue weighted by molar-refractivity contribution is -0.145. The number of ether oxygens (including phenoxy) is 1. The topological polar surface area (TPSA) is 26.3 Å². The first kappa shape index (κ1) is 17.7. The van der Waals surface area contributed by atoms with E-state index in [-0.39, 0.29) is 11.9 Å². The van der Waals surface area contributed by atoms with Crippen LogP contribution in [-0.4, -0.2) is 12.6 Å².